The van der Waals surface area contributed by atoms with Crippen molar-refractivity contribution >= 4 is 0 Å². The van der Waals surface area contributed by atoms with Crippen molar-refractivity contribution in [3.8, 4) is 11.8 Å². The van der Waals surface area contributed by atoms with E-state index >= 15 is 0 Å². The Balaban J connectivity index is 1.46. The van der Waals surface area contributed by atoms with E-state index in [2.05, 4.69) is 28.6 Å². The largest absolute Gasteiger partial charge is 0.416 e. The van der Waals surface area contributed by atoms with Crippen molar-refractivity contribution in [1.29, 1.82) is 5.26 Å². The zero-order valence-electron chi connectivity index (χ0n) is 17.8. The minimum absolute atomic E-state index is 0.182. The van der Waals surface area contributed by atoms with Crippen LogP contribution in [0.4, 0.5) is 13.2 Å². The third-order valence-electron chi connectivity index (χ3n) is 5.87. The average molecular weight is 436 g/mol. The van der Waals surface area contributed by atoms with Gasteiger partial charge in [-0.05, 0) is 62.2 Å². The number of aryl methyl sites for hydroxylation is 1. The van der Waals surface area contributed by atoms with Gasteiger partial charge in [-0.2, -0.15) is 23.5 Å². The summed E-state index contributed by atoms with van der Waals surface area (Å²) < 4.78 is 40.3. The fourth-order valence-corrected chi connectivity index (χ4v) is 4.30. The Labute approximate surface area is 185 Å². The molecular formula is C25H23F3N4. The van der Waals surface area contributed by atoms with Crippen LogP contribution in [0.5, 0.6) is 0 Å². The van der Waals surface area contributed by atoms with E-state index in [1.807, 2.05) is 32.0 Å². The number of nitrogens with one attached hydrogen (secondary N) is 1. The quantitative estimate of drug-likeness (QED) is 0.531. The number of aromatic nitrogens is 2. The Morgan fingerprint density at radius 3 is 2.56 bits per heavy atom. The van der Waals surface area contributed by atoms with Crippen molar-refractivity contribution in [1.82, 2.24) is 15.1 Å². The van der Waals surface area contributed by atoms with Gasteiger partial charge in [-0.25, -0.2) is 4.68 Å². The molecule has 1 aliphatic rings. The molecule has 1 heterocycles. The van der Waals surface area contributed by atoms with Crippen molar-refractivity contribution in [2.24, 2.45) is 0 Å². The smallest absolute Gasteiger partial charge is 0.306 e. The van der Waals surface area contributed by atoms with Gasteiger partial charge >= 0.3 is 6.18 Å². The normalized spacial score (nSPS) is 18.1. The molecule has 2 unspecified atom stereocenters. The first-order valence-corrected chi connectivity index (χ1v) is 10.4. The number of hydrogen-bond acceptors (Lipinski definition) is 3. The SMILES string of the molecule is Cc1nn(-c2ccc(C(F)(F)F)cc2)c(C)c1C1C=CC(NCc2cccc(C#N)c2)C1. The van der Waals surface area contributed by atoms with E-state index in [1.54, 1.807) is 10.7 Å². The fourth-order valence-electron chi connectivity index (χ4n) is 4.30. The summed E-state index contributed by atoms with van der Waals surface area (Å²) in [5.41, 5.74) is 4.56. The summed E-state index contributed by atoms with van der Waals surface area (Å²) in [4.78, 5) is 0. The van der Waals surface area contributed by atoms with Gasteiger partial charge in [0.2, 0.25) is 0 Å². The summed E-state index contributed by atoms with van der Waals surface area (Å²) in [6, 6.07) is 15.0. The zero-order chi connectivity index (χ0) is 22.9. The number of hydrogen-bond donors (Lipinski definition) is 1. The van der Waals surface area contributed by atoms with Crippen molar-refractivity contribution < 1.29 is 13.2 Å². The van der Waals surface area contributed by atoms with E-state index in [0.717, 1.165) is 41.1 Å². The summed E-state index contributed by atoms with van der Waals surface area (Å²) in [6.07, 6.45) is 0.828. The van der Waals surface area contributed by atoms with Crippen LogP contribution in [0.25, 0.3) is 5.69 Å². The number of allylic oxidation sites excluding steroid dienone is 1. The maximum atomic E-state index is 12.9. The Bertz CT molecular complexity index is 1180. The van der Waals surface area contributed by atoms with Crippen molar-refractivity contribution in [3.05, 3.63) is 94.3 Å². The molecule has 0 fully saturated rings. The second kappa shape index (κ2) is 8.64. The molecule has 0 saturated carbocycles. The van der Waals surface area contributed by atoms with Crippen molar-refractivity contribution in [2.45, 2.75) is 44.9 Å². The first kappa shape index (κ1) is 21.8. The van der Waals surface area contributed by atoms with Crippen LogP contribution in [0, 0.1) is 25.2 Å². The summed E-state index contributed by atoms with van der Waals surface area (Å²) >= 11 is 0. The summed E-state index contributed by atoms with van der Waals surface area (Å²) in [5, 5.41) is 17.2. The molecule has 164 valence electrons. The van der Waals surface area contributed by atoms with Crippen LogP contribution in [0.1, 0.15) is 46.0 Å². The number of alkyl halides is 3. The topological polar surface area (TPSA) is 53.6 Å². The highest BCUT2D eigenvalue weighted by Crippen LogP contribution is 2.35. The van der Waals surface area contributed by atoms with Gasteiger partial charge in [0.1, 0.15) is 0 Å². The van der Waals surface area contributed by atoms with Gasteiger partial charge in [0, 0.05) is 29.8 Å². The number of nitriles is 1. The Kier molecular flexibility index (Phi) is 5.90. The van der Waals surface area contributed by atoms with Crippen LogP contribution in [-0.4, -0.2) is 15.8 Å². The standard InChI is InChI=1S/C25H23F3N4/c1-16-24(17(2)32(31-16)23-10-7-21(8-11-23)25(26,27)28)20-6-9-22(13-20)30-15-19-5-3-4-18(12-19)14-29/h3-12,20,22,30H,13,15H2,1-2H3. The van der Waals surface area contributed by atoms with E-state index in [1.165, 1.54) is 12.1 Å². The lowest BCUT2D eigenvalue weighted by Crippen LogP contribution is -2.25. The second-order valence-electron chi connectivity index (χ2n) is 8.07. The minimum atomic E-state index is -4.36. The number of benzene rings is 2. The van der Waals surface area contributed by atoms with E-state index < -0.39 is 11.7 Å². The molecule has 3 aromatic rings. The molecule has 0 amide bonds. The molecule has 2 atom stereocenters. The maximum Gasteiger partial charge on any atom is 0.416 e. The van der Waals surface area contributed by atoms with Crippen LogP contribution >= 0.6 is 0 Å². The molecule has 2 aromatic carbocycles. The van der Waals surface area contributed by atoms with Gasteiger partial charge in [0.25, 0.3) is 0 Å². The number of rotatable bonds is 5. The number of halogens is 3. The molecule has 7 heteroatoms. The van der Waals surface area contributed by atoms with Crippen LogP contribution in [0.3, 0.4) is 0 Å². The summed E-state index contributed by atoms with van der Waals surface area (Å²) in [5.74, 6) is 0.182. The van der Waals surface area contributed by atoms with Crippen LogP contribution < -0.4 is 5.32 Å². The lowest BCUT2D eigenvalue weighted by molar-refractivity contribution is -0.137. The third kappa shape index (κ3) is 4.46. The molecule has 0 spiro atoms. The first-order valence-electron chi connectivity index (χ1n) is 10.4. The lowest BCUT2D eigenvalue weighted by Gasteiger charge is -2.15. The van der Waals surface area contributed by atoms with Crippen LogP contribution in [-0.2, 0) is 12.7 Å². The van der Waals surface area contributed by atoms with Gasteiger partial charge in [-0.3, -0.25) is 0 Å². The molecule has 4 rings (SSSR count). The molecule has 0 saturated heterocycles. The molecule has 0 bridgehead atoms. The van der Waals surface area contributed by atoms with Crippen molar-refractivity contribution in [3.63, 3.8) is 0 Å². The number of nitrogens with zero attached hydrogens (tertiary/aromatic N) is 3. The average Bonchev–Trinajstić information content (AvgIpc) is 3.35. The lowest BCUT2D eigenvalue weighted by atomic mass is 9.96. The first-order chi connectivity index (χ1) is 15.3. The molecule has 32 heavy (non-hydrogen) atoms. The van der Waals surface area contributed by atoms with E-state index in [-0.39, 0.29) is 12.0 Å². The van der Waals surface area contributed by atoms with E-state index in [4.69, 9.17) is 5.26 Å². The maximum absolute atomic E-state index is 12.9. The predicted octanol–water partition coefficient (Wildman–Crippen LogP) is 5.58. The Morgan fingerprint density at radius 2 is 1.88 bits per heavy atom. The second-order valence-corrected chi connectivity index (χ2v) is 8.07. The van der Waals surface area contributed by atoms with Crippen LogP contribution in [0.2, 0.25) is 0 Å². The zero-order valence-corrected chi connectivity index (χ0v) is 17.8. The third-order valence-corrected chi connectivity index (χ3v) is 5.87. The highest BCUT2D eigenvalue weighted by Gasteiger charge is 2.30. The highest BCUT2D eigenvalue weighted by molar-refractivity contribution is 5.42. The predicted molar refractivity (Wildman–Crippen MR) is 116 cm³/mol. The molecular weight excluding hydrogens is 413 g/mol. The van der Waals surface area contributed by atoms with Crippen molar-refractivity contribution in [2.75, 3.05) is 0 Å². The van der Waals surface area contributed by atoms with Gasteiger partial charge in [-0.15, -0.1) is 0 Å². The molecule has 0 radical (unpaired) electrons. The monoisotopic (exact) mass is 436 g/mol. The van der Waals surface area contributed by atoms with Gasteiger partial charge < -0.3 is 5.32 Å². The Hall–Kier alpha value is -3.37. The van der Waals surface area contributed by atoms with Crippen LogP contribution in [0.15, 0.2) is 60.7 Å². The summed E-state index contributed by atoms with van der Waals surface area (Å²) in [7, 11) is 0. The van der Waals surface area contributed by atoms with Gasteiger partial charge in [0.05, 0.1) is 28.6 Å². The minimum Gasteiger partial charge on any atom is -0.306 e. The van der Waals surface area contributed by atoms with Gasteiger partial charge in [0.15, 0.2) is 0 Å². The van der Waals surface area contributed by atoms with E-state index in [0.29, 0.717) is 17.8 Å². The molecule has 1 aromatic heterocycles. The summed E-state index contributed by atoms with van der Waals surface area (Å²) in [6.45, 7) is 4.56. The molecule has 1 aliphatic carbocycles. The molecule has 4 nitrogen and oxygen atoms in total. The van der Waals surface area contributed by atoms with E-state index in [9.17, 15) is 13.2 Å². The Morgan fingerprint density at radius 1 is 1.12 bits per heavy atom. The van der Waals surface area contributed by atoms with Gasteiger partial charge in [-0.1, -0.05) is 24.3 Å². The highest BCUT2D eigenvalue weighted by atomic mass is 19.4. The fraction of sp³-hybridized carbons (Fsp3) is 0.280. The molecule has 1 N–H and O–H groups in total. The molecule has 0 aliphatic heterocycles.